The van der Waals surface area contributed by atoms with E-state index in [1.165, 1.54) is 0 Å². The van der Waals surface area contributed by atoms with Crippen molar-refractivity contribution < 1.29 is 19.1 Å². The van der Waals surface area contributed by atoms with Crippen LogP contribution in [0.4, 0.5) is 0 Å². The Morgan fingerprint density at radius 1 is 1.06 bits per heavy atom. The van der Waals surface area contributed by atoms with Crippen LogP contribution in [0.1, 0.15) is 76.3 Å². The van der Waals surface area contributed by atoms with Crippen LogP contribution in [0.25, 0.3) is 33.6 Å². The minimum atomic E-state index is -0.315. The molecule has 7 rings (SSSR count). The van der Waals surface area contributed by atoms with E-state index < -0.39 is 0 Å². The Labute approximate surface area is 285 Å². The average Bonchev–Trinajstić information content (AvgIpc) is 3.63. The molecule has 3 N–H and O–H groups in total. The number of rotatable bonds is 4. The fourth-order valence-corrected chi connectivity index (χ4v) is 7.48. The molecule has 0 unspecified atom stereocenters. The fraction of sp³-hybridized carbons (Fsp3) is 0.432. The minimum absolute atomic E-state index is 0.0611. The SMILES string of the molecule is COc1cc(C(=O)N2CC[C@@H](OC)[C@@H](N)C2)cc2nc(-c3cc4ccc5nc4n3CCCCCc3ccnc(C)c3C(=O)N[C@@H]5C)n(C)c12. The Morgan fingerprint density at radius 3 is 2.67 bits per heavy atom. The maximum Gasteiger partial charge on any atom is 0.254 e. The molecule has 0 aliphatic carbocycles. The van der Waals surface area contributed by atoms with Crippen molar-refractivity contribution in [3.8, 4) is 17.3 Å². The third-order valence-electron chi connectivity index (χ3n) is 10.2. The van der Waals surface area contributed by atoms with E-state index in [0.29, 0.717) is 41.9 Å². The average molecular weight is 665 g/mol. The van der Waals surface area contributed by atoms with Crippen molar-refractivity contribution in [1.29, 1.82) is 0 Å². The highest BCUT2D eigenvalue weighted by Crippen LogP contribution is 2.35. The molecule has 5 aromatic rings. The number of carbonyl (C=O) groups is 2. The normalized spacial score (nSPS) is 20.3. The van der Waals surface area contributed by atoms with Crippen molar-refractivity contribution in [2.45, 2.75) is 70.7 Å². The van der Waals surface area contributed by atoms with Crippen molar-refractivity contribution in [2.75, 3.05) is 27.3 Å². The molecule has 2 aliphatic heterocycles. The number of pyridine rings is 2. The molecular formula is C37H44N8O4. The molecule has 0 radical (unpaired) electrons. The van der Waals surface area contributed by atoms with E-state index in [1.54, 1.807) is 31.4 Å². The fourth-order valence-electron chi connectivity index (χ4n) is 7.48. The van der Waals surface area contributed by atoms with Gasteiger partial charge in [-0.3, -0.25) is 14.6 Å². The van der Waals surface area contributed by atoms with E-state index in [1.807, 2.05) is 43.7 Å². The van der Waals surface area contributed by atoms with Crippen LogP contribution in [-0.4, -0.2) is 80.3 Å². The second kappa shape index (κ2) is 13.2. The predicted octanol–water partition coefficient (Wildman–Crippen LogP) is 4.71. The molecule has 1 fully saturated rings. The first kappa shape index (κ1) is 32.7. The third-order valence-corrected chi connectivity index (χ3v) is 10.2. The van der Waals surface area contributed by atoms with Gasteiger partial charge in [0.25, 0.3) is 11.8 Å². The van der Waals surface area contributed by atoms with Gasteiger partial charge in [0.15, 0.2) is 5.82 Å². The largest absolute Gasteiger partial charge is 0.494 e. The summed E-state index contributed by atoms with van der Waals surface area (Å²) < 4.78 is 15.6. The number of aromatic nitrogens is 5. The van der Waals surface area contributed by atoms with Crippen LogP contribution in [0.15, 0.2) is 42.6 Å². The van der Waals surface area contributed by atoms with Crippen LogP contribution in [0, 0.1) is 6.92 Å². The molecule has 4 aromatic heterocycles. The van der Waals surface area contributed by atoms with Gasteiger partial charge in [-0.2, -0.15) is 0 Å². The summed E-state index contributed by atoms with van der Waals surface area (Å²) >= 11 is 0. The topological polar surface area (TPSA) is 142 Å². The predicted molar refractivity (Wildman–Crippen MR) is 188 cm³/mol. The number of amides is 2. The number of piperidine rings is 1. The second-order valence-electron chi connectivity index (χ2n) is 13.3. The van der Waals surface area contributed by atoms with Crippen molar-refractivity contribution in [2.24, 2.45) is 12.8 Å². The molecule has 2 amide bonds. The molecule has 0 spiro atoms. The molecule has 12 nitrogen and oxygen atoms in total. The van der Waals surface area contributed by atoms with E-state index in [-0.39, 0.29) is 30.0 Å². The lowest BCUT2D eigenvalue weighted by Gasteiger charge is -2.36. The number of nitrogens with one attached hydrogen (secondary N) is 1. The molecule has 1 aromatic carbocycles. The first-order chi connectivity index (χ1) is 23.7. The number of hydrogen-bond acceptors (Lipinski definition) is 8. The van der Waals surface area contributed by atoms with E-state index >= 15 is 0 Å². The lowest BCUT2D eigenvalue weighted by Crippen LogP contribution is -2.53. The number of hydrogen-bond donors (Lipinski definition) is 2. The number of nitrogens with zero attached hydrogens (tertiary/aromatic N) is 6. The first-order valence-electron chi connectivity index (χ1n) is 17.1. The summed E-state index contributed by atoms with van der Waals surface area (Å²) in [6.45, 7) is 5.59. The molecule has 12 heteroatoms. The smallest absolute Gasteiger partial charge is 0.254 e. The van der Waals surface area contributed by atoms with Gasteiger partial charge < -0.3 is 34.6 Å². The summed E-state index contributed by atoms with van der Waals surface area (Å²) in [6, 6.07) is 11.2. The second-order valence-corrected chi connectivity index (χ2v) is 13.3. The summed E-state index contributed by atoms with van der Waals surface area (Å²) in [4.78, 5) is 43.6. The van der Waals surface area contributed by atoms with Crippen molar-refractivity contribution >= 4 is 33.9 Å². The molecule has 49 heavy (non-hydrogen) atoms. The van der Waals surface area contributed by atoms with Gasteiger partial charge in [-0.1, -0.05) is 6.42 Å². The maximum atomic E-state index is 13.7. The van der Waals surface area contributed by atoms with Crippen LogP contribution in [0.2, 0.25) is 0 Å². The Kier molecular flexibility index (Phi) is 8.84. The molecule has 2 aliphatic rings. The highest BCUT2D eigenvalue weighted by Gasteiger charge is 2.31. The number of ether oxygens (including phenoxy) is 2. The van der Waals surface area contributed by atoms with E-state index in [9.17, 15) is 9.59 Å². The van der Waals surface area contributed by atoms with Crippen molar-refractivity contribution in [3.05, 3.63) is 70.7 Å². The minimum Gasteiger partial charge on any atom is -0.494 e. The van der Waals surface area contributed by atoms with Gasteiger partial charge in [0.05, 0.1) is 47.4 Å². The quantitative estimate of drug-likeness (QED) is 0.282. The number of likely N-dealkylation sites (tertiary alicyclic amines) is 1. The van der Waals surface area contributed by atoms with Gasteiger partial charge in [-0.25, -0.2) is 9.97 Å². The highest BCUT2D eigenvalue weighted by molar-refractivity contribution is 6.00. The zero-order chi connectivity index (χ0) is 34.4. The maximum absolute atomic E-state index is 13.7. The van der Waals surface area contributed by atoms with E-state index in [2.05, 4.69) is 27.0 Å². The van der Waals surface area contributed by atoms with Gasteiger partial charge in [0, 0.05) is 57.0 Å². The Balaban J connectivity index is 1.28. The van der Waals surface area contributed by atoms with Crippen LogP contribution in [-0.2, 0) is 24.8 Å². The number of aryl methyl sites for hydroxylation is 4. The van der Waals surface area contributed by atoms with E-state index in [0.717, 1.165) is 77.2 Å². The molecule has 3 atom stereocenters. The summed E-state index contributed by atoms with van der Waals surface area (Å²) in [6.07, 6.45) is 6.07. The highest BCUT2D eigenvalue weighted by atomic mass is 16.5. The number of benzene rings is 1. The van der Waals surface area contributed by atoms with Gasteiger partial charge in [-0.05, 0) is 81.5 Å². The molecule has 1 saturated heterocycles. The van der Waals surface area contributed by atoms with Crippen LogP contribution >= 0.6 is 0 Å². The van der Waals surface area contributed by atoms with Gasteiger partial charge in [0.1, 0.15) is 16.9 Å². The number of fused-ring (bicyclic) bond motifs is 3. The molecular weight excluding hydrogens is 620 g/mol. The Morgan fingerprint density at radius 2 is 1.90 bits per heavy atom. The Bertz CT molecular complexity index is 2070. The zero-order valence-corrected chi connectivity index (χ0v) is 28.8. The number of nitrogens with two attached hydrogens (primary N) is 1. The summed E-state index contributed by atoms with van der Waals surface area (Å²) in [5.74, 6) is 1.09. The summed E-state index contributed by atoms with van der Waals surface area (Å²) in [7, 11) is 5.25. The summed E-state index contributed by atoms with van der Waals surface area (Å²) in [5, 5.41) is 4.16. The molecule has 256 valence electrons. The van der Waals surface area contributed by atoms with E-state index in [4.69, 9.17) is 25.2 Å². The van der Waals surface area contributed by atoms with Crippen LogP contribution < -0.4 is 15.8 Å². The van der Waals surface area contributed by atoms with Crippen LogP contribution in [0.3, 0.4) is 0 Å². The van der Waals surface area contributed by atoms with Gasteiger partial charge in [-0.15, -0.1) is 0 Å². The Hall–Kier alpha value is -4.81. The number of methoxy groups -OCH3 is 2. The molecule has 2 bridgehead atoms. The zero-order valence-electron chi connectivity index (χ0n) is 28.8. The van der Waals surface area contributed by atoms with Crippen LogP contribution in [0.5, 0.6) is 5.75 Å². The number of imidazole rings is 1. The van der Waals surface area contributed by atoms with Gasteiger partial charge in [0.2, 0.25) is 0 Å². The van der Waals surface area contributed by atoms with Crippen molar-refractivity contribution in [3.63, 3.8) is 0 Å². The van der Waals surface area contributed by atoms with Gasteiger partial charge >= 0.3 is 0 Å². The lowest BCUT2D eigenvalue weighted by molar-refractivity contribution is 0.0227. The third kappa shape index (κ3) is 5.93. The monoisotopic (exact) mass is 664 g/mol. The first-order valence-corrected chi connectivity index (χ1v) is 17.1. The molecule has 6 heterocycles. The number of carbonyl (C=O) groups excluding carboxylic acids is 2. The lowest BCUT2D eigenvalue weighted by atomic mass is 9.99. The summed E-state index contributed by atoms with van der Waals surface area (Å²) in [5.41, 5.74) is 13.3. The molecule has 0 saturated carbocycles. The van der Waals surface area contributed by atoms with Crippen molar-refractivity contribution in [1.82, 2.24) is 34.3 Å². The standard InChI is InChI=1S/C37H44N8O4/c1-21-27-11-10-24-18-29(45(34(24)41-27)15-8-6-7-9-23-12-14-39-22(2)32(23)36(46)40-21)35-42-28-17-25(19-31(49-5)33(28)43(35)3)37(47)44-16-13-30(48-4)26(38)20-44/h10-12,14,17-19,21,26,30H,6-9,13,15-16,20,38H2,1-5H3,(H,40,46)/t21-,26+,30-/m1/s1.